The zero-order valence-corrected chi connectivity index (χ0v) is 24.3. The monoisotopic (exact) mass is 597 g/mol. The molecule has 0 N–H and O–H groups in total. The Morgan fingerprint density at radius 2 is 1.32 bits per heavy atom. The minimum absolute atomic E-state index is 0. The summed E-state index contributed by atoms with van der Waals surface area (Å²) in [5, 5.41) is 0. The molecule has 2 aliphatic carbocycles. The van der Waals surface area contributed by atoms with Gasteiger partial charge in [-0.05, 0) is 88.4 Å². The second-order valence-electron chi connectivity index (χ2n) is 8.38. The molecular weight excluding hydrogens is 570 g/mol. The first-order chi connectivity index (χ1) is 18.1. The van der Waals surface area contributed by atoms with Crippen LogP contribution in [0.3, 0.4) is 0 Å². The molecule has 1 heterocycles. The maximum atomic E-state index is 13.1. The third-order valence-electron chi connectivity index (χ3n) is 5.68. The van der Waals surface area contributed by atoms with E-state index < -0.39 is 10.0 Å². The molecule has 190 valence electrons. The third kappa shape index (κ3) is 8.55. The van der Waals surface area contributed by atoms with Gasteiger partial charge < -0.3 is 16.0 Å². The van der Waals surface area contributed by atoms with Crippen molar-refractivity contribution in [2.24, 2.45) is 0 Å². The van der Waals surface area contributed by atoms with Gasteiger partial charge in [-0.15, -0.1) is 18.1 Å². The van der Waals surface area contributed by atoms with Crippen molar-refractivity contribution in [3.63, 3.8) is 0 Å². The van der Waals surface area contributed by atoms with Crippen LogP contribution in [0.25, 0.3) is 0 Å². The van der Waals surface area contributed by atoms with Gasteiger partial charge in [-0.3, -0.25) is 0 Å². The van der Waals surface area contributed by atoms with Crippen molar-refractivity contribution in [3.8, 4) is 5.75 Å². The first-order valence-corrected chi connectivity index (χ1v) is 13.5. The summed E-state index contributed by atoms with van der Waals surface area (Å²) in [5.41, 5.74) is 2.42. The second kappa shape index (κ2) is 15.6. The Kier molecular flexibility index (Phi) is 12.6. The summed E-state index contributed by atoms with van der Waals surface area (Å²) in [6.07, 6.45) is 20.0. The fourth-order valence-corrected chi connectivity index (χ4v) is 5.35. The molecule has 0 bridgehead atoms. The van der Waals surface area contributed by atoms with Crippen molar-refractivity contribution in [2.45, 2.75) is 17.4 Å². The molecule has 6 rings (SSSR count). The van der Waals surface area contributed by atoms with Gasteiger partial charge in [-0.25, -0.2) is 8.42 Å². The zero-order valence-electron chi connectivity index (χ0n) is 21.0. The average molecular weight is 599 g/mol. The quantitative estimate of drug-likeness (QED) is 0.327. The SMILES string of the molecule is [CH2-]C1CN(S(=O)(=O)c2ccccc2)c2cc(OCc3ccccc3)c[c-]c21.[CH]1[CH][CH][CH][CH]1.[CH]1[CH][CH][CH][CH]1.[Zr+2]. The average Bonchev–Trinajstić information content (AvgIpc) is 3.74. The molecule has 4 nitrogen and oxygen atoms in total. The molecule has 2 fully saturated rings. The predicted molar refractivity (Wildman–Crippen MR) is 148 cm³/mol. The first kappa shape index (κ1) is 30.6. The largest absolute Gasteiger partial charge is 2.00 e. The van der Waals surface area contributed by atoms with Gasteiger partial charge in [-0.1, -0.05) is 54.2 Å². The van der Waals surface area contributed by atoms with Crippen molar-refractivity contribution in [2.75, 3.05) is 10.8 Å². The Hall–Kier alpha value is -1.91. The molecule has 1 aliphatic heterocycles. The van der Waals surface area contributed by atoms with E-state index in [1.165, 1.54) is 4.31 Å². The second-order valence-corrected chi connectivity index (χ2v) is 10.2. The van der Waals surface area contributed by atoms with E-state index >= 15 is 0 Å². The van der Waals surface area contributed by atoms with Crippen LogP contribution < -0.4 is 9.04 Å². The van der Waals surface area contributed by atoms with Crippen LogP contribution in [0.15, 0.2) is 77.7 Å². The summed E-state index contributed by atoms with van der Waals surface area (Å²) in [6.45, 7) is 4.79. The topological polar surface area (TPSA) is 46.6 Å². The maximum Gasteiger partial charge on any atom is 2.00 e. The molecule has 10 radical (unpaired) electrons. The van der Waals surface area contributed by atoms with E-state index in [-0.39, 0.29) is 37.0 Å². The molecule has 0 saturated heterocycles. The van der Waals surface area contributed by atoms with E-state index in [1.807, 2.05) is 94.5 Å². The van der Waals surface area contributed by atoms with E-state index in [1.54, 1.807) is 42.5 Å². The van der Waals surface area contributed by atoms with Crippen molar-refractivity contribution in [3.05, 3.63) is 161 Å². The number of benzene rings is 3. The molecule has 2 saturated carbocycles. The number of sulfonamides is 1. The van der Waals surface area contributed by atoms with Crippen LogP contribution in [0, 0.1) is 77.2 Å². The van der Waals surface area contributed by atoms with E-state index in [2.05, 4.69) is 13.0 Å². The predicted octanol–water partition coefficient (Wildman–Crippen LogP) is 6.23. The summed E-state index contributed by atoms with van der Waals surface area (Å²) in [5.74, 6) is 0.418. The van der Waals surface area contributed by atoms with Crippen LogP contribution in [0.4, 0.5) is 5.69 Å². The molecule has 1 atom stereocenters. The van der Waals surface area contributed by atoms with E-state index in [0.717, 1.165) is 11.1 Å². The van der Waals surface area contributed by atoms with Crippen molar-refractivity contribution in [1.82, 2.24) is 0 Å². The summed E-state index contributed by atoms with van der Waals surface area (Å²) in [6, 6.07) is 24.9. The summed E-state index contributed by atoms with van der Waals surface area (Å²) >= 11 is 0. The molecule has 3 aromatic carbocycles. The first-order valence-electron chi connectivity index (χ1n) is 12.0. The number of ether oxygens (including phenoxy) is 1. The van der Waals surface area contributed by atoms with Crippen molar-refractivity contribution in [1.29, 1.82) is 0 Å². The molecule has 1 unspecified atom stereocenters. The molecule has 0 amide bonds. The van der Waals surface area contributed by atoms with Gasteiger partial charge in [0.05, 0.1) is 11.5 Å². The fraction of sp³-hybridized carbons (Fsp3) is 0.0938. The van der Waals surface area contributed by atoms with Crippen LogP contribution in [-0.2, 0) is 42.8 Å². The number of anilines is 1. The van der Waals surface area contributed by atoms with Crippen molar-refractivity contribution < 1.29 is 39.4 Å². The molecule has 0 spiro atoms. The maximum absolute atomic E-state index is 13.1. The van der Waals surface area contributed by atoms with E-state index in [4.69, 9.17) is 4.74 Å². The number of rotatable bonds is 5. The Balaban J connectivity index is 0.000000303. The molecule has 3 aromatic rings. The Labute approximate surface area is 249 Å². The van der Waals surface area contributed by atoms with Gasteiger partial charge in [0, 0.05) is 5.75 Å². The standard InChI is InChI=1S/C22H19NO3S.2C5H5.Zr/c1-17-15-23(27(24,25)20-10-6-3-7-11-20)22-14-19(12-13-21(17)22)26-16-18-8-4-2-5-9-18;2*1-2-4-5-3-1;/h2-12,14,17H,1,15-16H2;2*1-5H;/q-2;;;+2. The summed E-state index contributed by atoms with van der Waals surface area (Å²) in [7, 11) is -3.65. The van der Waals surface area contributed by atoms with E-state index in [9.17, 15) is 8.42 Å². The van der Waals surface area contributed by atoms with Gasteiger partial charge in [0.15, 0.2) is 0 Å². The Morgan fingerprint density at radius 3 is 1.84 bits per heavy atom. The molecular formula is C32H29NO3SZr. The minimum Gasteiger partial charge on any atom is -0.547 e. The summed E-state index contributed by atoms with van der Waals surface area (Å²) in [4.78, 5) is 0.264. The van der Waals surface area contributed by atoms with Gasteiger partial charge in [-0.2, -0.15) is 11.6 Å². The van der Waals surface area contributed by atoms with Gasteiger partial charge in [0.1, 0.15) is 0 Å². The van der Waals surface area contributed by atoms with Gasteiger partial charge >= 0.3 is 26.2 Å². The zero-order chi connectivity index (χ0) is 25.9. The molecule has 38 heavy (non-hydrogen) atoms. The van der Waals surface area contributed by atoms with E-state index in [0.29, 0.717) is 24.6 Å². The van der Waals surface area contributed by atoms with Crippen LogP contribution in [0.2, 0.25) is 0 Å². The smallest absolute Gasteiger partial charge is 0.547 e. The van der Waals surface area contributed by atoms with Crippen LogP contribution in [-0.4, -0.2) is 15.0 Å². The Morgan fingerprint density at radius 1 is 0.816 bits per heavy atom. The Bertz CT molecular complexity index is 1170. The molecule has 0 aromatic heterocycles. The molecule has 3 aliphatic rings. The third-order valence-corrected chi connectivity index (χ3v) is 7.47. The van der Waals surface area contributed by atoms with Gasteiger partial charge in [0.25, 0.3) is 10.0 Å². The van der Waals surface area contributed by atoms with Crippen LogP contribution >= 0.6 is 0 Å². The number of nitrogens with zero attached hydrogens (tertiary/aromatic N) is 1. The fourth-order valence-electron chi connectivity index (χ4n) is 3.81. The number of fused-ring (bicyclic) bond motifs is 1. The number of hydrogen-bond donors (Lipinski definition) is 0. The number of hydrogen-bond acceptors (Lipinski definition) is 3. The molecule has 6 heteroatoms. The van der Waals surface area contributed by atoms with Crippen LogP contribution in [0.1, 0.15) is 17.0 Å². The van der Waals surface area contributed by atoms with Crippen molar-refractivity contribution >= 4 is 15.7 Å². The minimum atomic E-state index is -3.65. The van der Waals surface area contributed by atoms with Crippen LogP contribution in [0.5, 0.6) is 5.75 Å². The van der Waals surface area contributed by atoms with Gasteiger partial charge in [0.2, 0.25) is 0 Å². The summed E-state index contributed by atoms with van der Waals surface area (Å²) < 4.78 is 33.4. The normalized spacial score (nSPS) is 17.8.